The van der Waals surface area contributed by atoms with Crippen molar-refractivity contribution < 1.29 is 0 Å². The Hall–Kier alpha value is -0.510. The van der Waals surface area contributed by atoms with Gasteiger partial charge in [-0.05, 0) is 59.0 Å². The van der Waals surface area contributed by atoms with Crippen LogP contribution >= 0.6 is 38.9 Å². The van der Waals surface area contributed by atoms with Crippen molar-refractivity contribution in [2.24, 2.45) is 0 Å². The average Bonchev–Trinajstić information content (AvgIpc) is 2.73. The lowest BCUT2D eigenvalue weighted by atomic mass is 9.94. The molecule has 1 aliphatic carbocycles. The Bertz CT molecular complexity index is 567. The predicted molar refractivity (Wildman–Crippen MR) is 82.8 cm³/mol. The first-order valence-electron chi connectivity index (χ1n) is 6.03. The fraction of sp³-hybridized carbons (Fsp3) is 0.286. The minimum atomic E-state index is 0.385. The van der Waals surface area contributed by atoms with Crippen LogP contribution in [0.3, 0.4) is 0 Å². The summed E-state index contributed by atoms with van der Waals surface area (Å²) in [6.45, 7) is 0. The van der Waals surface area contributed by atoms with Crippen LogP contribution in [0.25, 0.3) is 0 Å². The van der Waals surface area contributed by atoms with Gasteiger partial charge in [0.25, 0.3) is 0 Å². The standard InChI is InChI=1S/C14H13BrClNS/c15-10-4-1-2-5-12(10)17-11-6-3-7-13-9(11)8-14(16)18-13/h1-2,4-5,8,11,17H,3,6-7H2. The maximum absolute atomic E-state index is 6.13. The number of para-hydroxylation sites is 1. The van der Waals surface area contributed by atoms with Crippen molar-refractivity contribution in [3.63, 3.8) is 0 Å². The van der Waals surface area contributed by atoms with Crippen molar-refractivity contribution in [2.75, 3.05) is 5.32 Å². The van der Waals surface area contributed by atoms with Crippen LogP contribution in [0.1, 0.15) is 29.3 Å². The summed E-state index contributed by atoms with van der Waals surface area (Å²) < 4.78 is 2.01. The predicted octanol–water partition coefficient (Wildman–Crippen LogP) is 5.65. The van der Waals surface area contributed by atoms with Crippen LogP contribution in [0, 0.1) is 0 Å². The van der Waals surface area contributed by atoms with Gasteiger partial charge in [0.2, 0.25) is 0 Å². The van der Waals surface area contributed by atoms with Crippen molar-refractivity contribution in [3.05, 3.63) is 49.6 Å². The molecule has 0 fully saturated rings. The van der Waals surface area contributed by atoms with Gasteiger partial charge in [0, 0.05) is 15.0 Å². The van der Waals surface area contributed by atoms with Crippen LogP contribution < -0.4 is 5.32 Å². The normalized spacial score (nSPS) is 18.4. The maximum Gasteiger partial charge on any atom is 0.0934 e. The van der Waals surface area contributed by atoms with Gasteiger partial charge in [0.1, 0.15) is 0 Å². The highest BCUT2D eigenvalue weighted by atomic mass is 79.9. The van der Waals surface area contributed by atoms with E-state index in [4.69, 9.17) is 11.6 Å². The van der Waals surface area contributed by atoms with E-state index < -0.39 is 0 Å². The van der Waals surface area contributed by atoms with E-state index in [1.807, 2.05) is 6.07 Å². The third-order valence-electron chi connectivity index (χ3n) is 3.29. The quantitative estimate of drug-likeness (QED) is 0.743. The molecule has 1 heterocycles. The fourth-order valence-electron chi connectivity index (χ4n) is 2.44. The van der Waals surface area contributed by atoms with Gasteiger partial charge in [-0.2, -0.15) is 0 Å². The van der Waals surface area contributed by atoms with Crippen LogP contribution in [-0.2, 0) is 6.42 Å². The van der Waals surface area contributed by atoms with Gasteiger partial charge >= 0.3 is 0 Å². The van der Waals surface area contributed by atoms with E-state index in [0.29, 0.717) is 6.04 Å². The summed E-state index contributed by atoms with van der Waals surface area (Å²) in [5.41, 5.74) is 2.53. The summed E-state index contributed by atoms with van der Waals surface area (Å²) in [7, 11) is 0. The molecule has 1 atom stereocenters. The Kier molecular flexibility index (Phi) is 3.64. The van der Waals surface area contributed by atoms with Crippen molar-refractivity contribution in [3.8, 4) is 0 Å². The number of halogens is 2. The number of benzene rings is 1. The van der Waals surface area contributed by atoms with Crippen LogP contribution in [0.15, 0.2) is 34.8 Å². The van der Waals surface area contributed by atoms with Gasteiger partial charge in [-0.15, -0.1) is 11.3 Å². The maximum atomic E-state index is 6.13. The van der Waals surface area contributed by atoms with Crippen molar-refractivity contribution >= 4 is 44.6 Å². The molecule has 1 aromatic heterocycles. The Morgan fingerprint density at radius 2 is 2.17 bits per heavy atom. The van der Waals surface area contributed by atoms with E-state index in [2.05, 4.69) is 45.5 Å². The molecule has 0 bridgehead atoms. The zero-order valence-corrected chi connectivity index (χ0v) is 12.9. The largest absolute Gasteiger partial charge is 0.377 e. The van der Waals surface area contributed by atoms with E-state index >= 15 is 0 Å². The second-order valence-electron chi connectivity index (χ2n) is 4.50. The molecule has 0 saturated carbocycles. The molecule has 1 N–H and O–H groups in total. The molecular weight excluding hydrogens is 330 g/mol. The highest BCUT2D eigenvalue weighted by molar-refractivity contribution is 9.10. The third-order valence-corrected chi connectivity index (χ3v) is 5.32. The first kappa shape index (κ1) is 12.5. The molecule has 0 aliphatic heterocycles. The minimum absolute atomic E-state index is 0.385. The van der Waals surface area contributed by atoms with Crippen LogP contribution in [0.5, 0.6) is 0 Å². The number of aryl methyl sites for hydroxylation is 1. The molecule has 0 radical (unpaired) electrons. The molecule has 1 unspecified atom stereocenters. The number of fused-ring (bicyclic) bond motifs is 1. The zero-order chi connectivity index (χ0) is 12.5. The lowest BCUT2D eigenvalue weighted by Crippen LogP contribution is -2.15. The highest BCUT2D eigenvalue weighted by Gasteiger charge is 2.22. The molecule has 0 saturated heterocycles. The molecule has 18 heavy (non-hydrogen) atoms. The van der Waals surface area contributed by atoms with Crippen molar-refractivity contribution in [1.82, 2.24) is 0 Å². The summed E-state index contributed by atoms with van der Waals surface area (Å²) in [6.07, 6.45) is 3.56. The van der Waals surface area contributed by atoms with E-state index in [0.717, 1.165) is 14.5 Å². The Labute approximate surface area is 124 Å². The molecular formula is C14H13BrClNS. The van der Waals surface area contributed by atoms with Gasteiger partial charge < -0.3 is 5.32 Å². The number of hydrogen-bond acceptors (Lipinski definition) is 2. The Morgan fingerprint density at radius 3 is 3.00 bits per heavy atom. The number of thiophene rings is 1. The second kappa shape index (κ2) is 5.24. The molecule has 1 nitrogen and oxygen atoms in total. The van der Waals surface area contributed by atoms with Crippen molar-refractivity contribution in [2.45, 2.75) is 25.3 Å². The van der Waals surface area contributed by atoms with E-state index in [1.54, 1.807) is 11.3 Å². The smallest absolute Gasteiger partial charge is 0.0934 e. The Balaban J connectivity index is 1.88. The third kappa shape index (κ3) is 2.44. The minimum Gasteiger partial charge on any atom is -0.377 e. The molecule has 4 heteroatoms. The number of nitrogens with one attached hydrogen (secondary N) is 1. The lowest BCUT2D eigenvalue weighted by Gasteiger charge is -2.25. The zero-order valence-electron chi connectivity index (χ0n) is 9.75. The van der Waals surface area contributed by atoms with E-state index in [-0.39, 0.29) is 0 Å². The first-order chi connectivity index (χ1) is 8.74. The molecule has 0 spiro atoms. The second-order valence-corrected chi connectivity index (χ2v) is 7.12. The first-order valence-corrected chi connectivity index (χ1v) is 8.02. The fourth-order valence-corrected chi connectivity index (χ4v) is 4.22. The van der Waals surface area contributed by atoms with Crippen LogP contribution in [0.4, 0.5) is 5.69 Å². The summed E-state index contributed by atoms with van der Waals surface area (Å²) >= 11 is 11.4. The van der Waals surface area contributed by atoms with Crippen LogP contribution in [0.2, 0.25) is 4.34 Å². The highest BCUT2D eigenvalue weighted by Crippen LogP contribution is 2.40. The van der Waals surface area contributed by atoms with E-state index in [1.165, 1.54) is 29.7 Å². The number of rotatable bonds is 2. The van der Waals surface area contributed by atoms with Gasteiger partial charge in [0.05, 0.1) is 10.4 Å². The summed E-state index contributed by atoms with van der Waals surface area (Å²) in [5, 5.41) is 3.62. The van der Waals surface area contributed by atoms with Gasteiger partial charge in [0.15, 0.2) is 0 Å². The average molecular weight is 343 g/mol. The van der Waals surface area contributed by atoms with Crippen molar-refractivity contribution in [1.29, 1.82) is 0 Å². The summed E-state index contributed by atoms with van der Waals surface area (Å²) in [4.78, 5) is 1.44. The molecule has 1 aromatic carbocycles. The van der Waals surface area contributed by atoms with E-state index in [9.17, 15) is 0 Å². The monoisotopic (exact) mass is 341 g/mol. The van der Waals surface area contributed by atoms with Gasteiger partial charge in [-0.3, -0.25) is 0 Å². The molecule has 0 amide bonds. The topological polar surface area (TPSA) is 12.0 Å². The number of anilines is 1. The summed E-state index contributed by atoms with van der Waals surface area (Å²) in [5.74, 6) is 0. The SMILES string of the molecule is Clc1cc2c(s1)CCCC2Nc1ccccc1Br. The van der Waals surface area contributed by atoms with Crippen LogP contribution in [-0.4, -0.2) is 0 Å². The Morgan fingerprint density at radius 1 is 1.33 bits per heavy atom. The lowest BCUT2D eigenvalue weighted by molar-refractivity contribution is 0.608. The molecule has 3 rings (SSSR count). The molecule has 1 aliphatic rings. The molecule has 2 aromatic rings. The molecule has 94 valence electrons. The number of hydrogen-bond donors (Lipinski definition) is 1. The van der Waals surface area contributed by atoms with Gasteiger partial charge in [-0.1, -0.05) is 23.7 Å². The summed E-state index contributed by atoms with van der Waals surface area (Å²) in [6, 6.07) is 10.8. The van der Waals surface area contributed by atoms with Gasteiger partial charge in [-0.25, -0.2) is 0 Å².